The highest BCUT2D eigenvalue weighted by molar-refractivity contribution is 7.22. The Balaban J connectivity index is 1.25. The second-order valence-corrected chi connectivity index (χ2v) is 8.64. The SMILES string of the molecule is COc1ccc(C2CN(C(C)C(=O)Nc3nc4cc5c(cc4s3)OC(F)(F)O5)CCO2)cn1. The van der Waals surface area contributed by atoms with Gasteiger partial charge >= 0.3 is 6.29 Å². The summed E-state index contributed by atoms with van der Waals surface area (Å²) in [5, 5.41) is 3.18. The van der Waals surface area contributed by atoms with Crippen LogP contribution in [0, 0.1) is 0 Å². The molecule has 2 atom stereocenters. The smallest absolute Gasteiger partial charge is 0.481 e. The maximum absolute atomic E-state index is 13.2. The van der Waals surface area contributed by atoms with Crippen LogP contribution in [0.3, 0.4) is 0 Å². The van der Waals surface area contributed by atoms with Crippen molar-refractivity contribution < 1.29 is 32.5 Å². The highest BCUT2D eigenvalue weighted by Gasteiger charge is 2.43. The molecule has 0 aliphatic carbocycles. The lowest BCUT2D eigenvalue weighted by atomic mass is 10.1. The first-order valence-corrected chi connectivity index (χ1v) is 11.0. The van der Waals surface area contributed by atoms with E-state index >= 15 is 0 Å². The number of ether oxygens (including phenoxy) is 4. The Morgan fingerprint density at radius 3 is 2.85 bits per heavy atom. The number of hydrogen-bond donors (Lipinski definition) is 1. The number of rotatable bonds is 5. The number of pyridine rings is 1. The molecule has 12 heteroatoms. The lowest BCUT2D eigenvalue weighted by Crippen LogP contribution is -2.48. The van der Waals surface area contributed by atoms with E-state index in [0.717, 1.165) is 5.56 Å². The number of carbonyl (C=O) groups excluding carboxylic acids is 1. The van der Waals surface area contributed by atoms with Crippen LogP contribution in [-0.2, 0) is 9.53 Å². The molecular formula is C21H20F2N4O5S. The van der Waals surface area contributed by atoms with Gasteiger partial charge in [-0.25, -0.2) is 9.97 Å². The van der Waals surface area contributed by atoms with Crippen molar-refractivity contribution >= 4 is 32.6 Å². The monoisotopic (exact) mass is 478 g/mol. The van der Waals surface area contributed by atoms with E-state index in [2.05, 4.69) is 24.8 Å². The largest absolute Gasteiger partial charge is 0.586 e. The predicted molar refractivity (Wildman–Crippen MR) is 115 cm³/mol. The number of nitrogens with one attached hydrogen (secondary N) is 1. The number of fused-ring (bicyclic) bond motifs is 2. The average molecular weight is 478 g/mol. The molecule has 5 rings (SSSR count). The molecule has 1 fully saturated rings. The Hall–Kier alpha value is -3.09. The summed E-state index contributed by atoms with van der Waals surface area (Å²) < 4.78 is 47.0. The van der Waals surface area contributed by atoms with Crippen molar-refractivity contribution in [3.05, 3.63) is 36.0 Å². The first-order valence-electron chi connectivity index (χ1n) is 10.2. The van der Waals surface area contributed by atoms with Gasteiger partial charge in [0, 0.05) is 43.0 Å². The number of hydrogen-bond acceptors (Lipinski definition) is 9. The minimum Gasteiger partial charge on any atom is -0.481 e. The summed E-state index contributed by atoms with van der Waals surface area (Å²) in [6.07, 6.45) is -2.19. The molecule has 9 nitrogen and oxygen atoms in total. The topological polar surface area (TPSA) is 95.0 Å². The van der Waals surface area contributed by atoms with Crippen molar-refractivity contribution in [2.45, 2.75) is 25.4 Å². The van der Waals surface area contributed by atoms with Gasteiger partial charge in [0.05, 0.1) is 36.1 Å². The van der Waals surface area contributed by atoms with E-state index in [4.69, 9.17) is 9.47 Å². The van der Waals surface area contributed by atoms with Crippen LogP contribution in [0.15, 0.2) is 30.5 Å². The predicted octanol–water partition coefficient (Wildman–Crippen LogP) is 3.42. The number of methoxy groups -OCH3 is 1. The number of benzene rings is 1. The van der Waals surface area contributed by atoms with Gasteiger partial charge in [0.15, 0.2) is 16.6 Å². The fourth-order valence-electron chi connectivity index (χ4n) is 3.73. The standard InChI is InChI=1S/C21H20F2N4O5S/c1-11(27-5-6-30-16(10-27)12-3-4-18(29-2)24-9-12)19(28)26-20-25-13-7-14-15(8-17(13)33-20)32-21(22,23)31-14/h3-4,7-9,11,16H,5-6,10H2,1-2H3,(H,25,26,28). The third-order valence-electron chi connectivity index (χ3n) is 5.51. The number of morpholine rings is 1. The summed E-state index contributed by atoms with van der Waals surface area (Å²) in [5.74, 6) is 0.146. The zero-order valence-corrected chi connectivity index (χ0v) is 18.5. The Bertz CT molecular complexity index is 1140. The number of thiazole rings is 1. The fourth-order valence-corrected chi connectivity index (χ4v) is 4.61. The number of alkyl halides is 2. The first kappa shape index (κ1) is 21.7. The number of carbonyl (C=O) groups is 1. The molecule has 3 aromatic rings. The summed E-state index contributed by atoms with van der Waals surface area (Å²) in [5.41, 5.74) is 1.34. The van der Waals surface area contributed by atoms with Crippen LogP contribution in [0.1, 0.15) is 18.6 Å². The first-order chi connectivity index (χ1) is 15.8. The highest BCUT2D eigenvalue weighted by atomic mass is 32.1. The average Bonchev–Trinajstić information content (AvgIpc) is 3.33. The minimum atomic E-state index is -3.68. The molecule has 2 aromatic heterocycles. The maximum Gasteiger partial charge on any atom is 0.586 e. The Kier molecular flexibility index (Phi) is 5.51. The van der Waals surface area contributed by atoms with Gasteiger partial charge in [-0.2, -0.15) is 0 Å². The third-order valence-corrected chi connectivity index (χ3v) is 6.44. The molecule has 0 bridgehead atoms. The second kappa shape index (κ2) is 8.36. The number of amides is 1. The van der Waals surface area contributed by atoms with Gasteiger partial charge in [-0.1, -0.05) is 11.3 Å². The molecule has 0 radical (unpaired) electrons. The molecule has 1 saturated heterocycles. The van der Waals surface area contributed by atoms with Crippen LogP contribution in [0.5, 0.6) is 17.4 Å². The van der Waals surface area contributed by atoms with Crippen LogP contribution >= 0.6 is 11.3 Å². The van der Waals surface area contributed by atoms with E-state index in [9.17, 15) is 13.6 Å². The van der Waals surface area contributed by atoms with E-state index < -0.39 is 12.3 Å². The van der Waals surface area contributed by atoms with E-state index in [-0.39, 0.29) is 23.5 Å². The number of halogens is 2. The fraction of sp³-hybridized carbons (Fsp3) is 0.381. The lowest BCUT2D eigenvalue weighted by molar-refractivity contribution is -0.286. The molecule has 1 N–H and O–H groups in total. The Labute approximate surface area is 191 Å². The van der Waals surface area contributed by atoms with Crippen LogP contribution in [0.4, 0.5) is 13.9 Å². The molecular weight excluding hydrogens is 458 g/mol. The van der Waals surface area contributed by atoms with Gasteiger partial charge in [0.1, 0.15) is 0 Å². The van der Waals surface area contributed by atoms with Gasteiger partial charge in [-0.3, -0.25) is 9.69 Å². The summed E-state index contributed by atoms with van der Waals surface area (Å²) in [7, 11) is 1.55. The summed E-state index contributed by atoms with van der Waals surface area (Å²) >= 11 is 1.17. The molecule has 0 spiro atoms. The summed E-state index contributed by atoms with van der Waals surface area (Å²) in [6, 6.07) is 6.03. The normalized spacial score (nSPS) is 20.5. The van der Waals surface area contributed by atoms with E-state index in [1.165, 1.54) is 23.5 Å². The summed E-state index contributed by atoms with van der Waals surface area (Å²) in [6.45, 7) is 3.42. The third kappa shape index (κ3) is 4.41. The number of anilines is 1. The van der Waals surface area contributed by atoms with Gasteiger partial charge in [0.2, 0.25) is 11.8 Å². The molecule has 4 heterocycles. The van der Waals surface area contributed by atoms with Crippen molar-refractivity contribution in [3.63, 3.8) is 0 Å². The Morgan fingerprint density at radius 1 is 1.33 bits per heavy atom. The zero-order chi connectivity index (χ0) is 23.2. The van der Waals surface area contributed by atoms with Crippen molar-refractivity contribution in [1.29, 1.82) is 0 Å². The Morgan fingerprint density at radius 2 is 2.12 bits per heavy atom. The molecule has 2 aliphatic rings. The molecule has 1 aromatic carbocycles. The molecule has 2 aliphatic heterocycles. The van der Waals surface area contributed by atoms with Crippen LogP contribution in [0.25, 0.3) is 10.2 Å². The summed E-state index contributed by atoms with van der Waals surface area (Å²) in [4.78, 5) is 23.5. The molecule has 33 heavy (non-hydrogen) atoms. The van der Waals surface area contributed by atoms with Gasteiger partial charge in [-0.05, 0) is 13.0 Å². The van der Waals surface area contributed by atoms with Crippen molar-refractivity contribution in [2.24, 2.45) is 0 Å². The van der Waals surface area contributed by atoms with Crippen LogP contribution < -0.4 is 19.5 Å². The van der Waals surface area contributed by atoms with Crippen molar-refractivity contribution in [2.75, 3.05) is 32.1 Å². The van der Waals surface area contributed by atoms with Crippen molar-refractivity contribution in [3.8, 4) is 17.4 Å². The zero-order valence-electron chi connectivity index (χ0n) is 17.7. The molecule has 174 valence electrons. The van der Waals surface area contributed by atoms with E-state index in [1.807, 2.05) is 17.9 Å². The molecule has 1 amide bonds. The maximum atomic E-state index is 13.2. The van der Waals surface area contributed by atoms with Gasteiger partial charge < -0.3 is 24.3 Å². The van der Waals surface area contributed by atoms with Crippen molar-refractivity contribution in [1.82, 2.24) is 14.9 Å². The number of nitrogens with zero attached hydrogens (tertiary/aromatic N) is 3. The molecule has 0 saturated carbocycles. The van der Waals surface area contributed by atoms with Gasteiger partial charge in [-0.15, -0.1) is 8.78 Å². The van der Waals surface area contributed by atoms with E-state index in [0.29, 0.717) is 40.9 Å². The second-order valence-electron chi connectivity index (χ2n) is 7.61. The number of aromatic nitrogens is 2. The molecule has 2 unspecified atom stereocenters. The van der Waals surface area contributed by atoms with Gasteiger partial charge in [0.25, 0.3) is 0 Å². The van der Waals surface area contributed by atoms with Crippen LogP contribution in [0.2, 0.25) is 0 Å². The highest BCUT2D eigenvalue weighted by Crippen LogP contribution is 2.44. The van der Waals surface area contributed by atoms with Crippen LogP contribution in [-0.4, -0.2) is 59.9 Å². The van der Waals surface area contributed by atoms with E-state index in [1.54, 1.807) is 19.4 Å². The minimum absolute atomic E-state index is 0.0604. The quantitative estimate of drug-likeness (QED) is 0.596. The lowest BCUT2D eigenvalue weighted by Gasteiger charge is -2.36.